The summed E-state index contributed by atoms with van der Waals surface area (Å²) in [5.74, 6) is 1.02. The van der Waals surface area contributed by atoms with Gasteiger partial charge in [0.2, 0.25) is 0 Å². The first-order valence-corrected chi connectivity index (χ1v) is 7.31. The maximum Gasteiger partial charge on any atom is 0.273 e. The average Bonchev–Trinajstić information content (AvgIpc) is 3.04. The Labute approximate surface area is 121 Å². The molecule has 1 aliphatic heterocycles. The van der Waals surface area contributed by atoms with Crippen molar-refractivity contribution in [1.29, 1.82) is 0 Å². The first kappa shape index (κ1) is 14.4. The standard InChI is InChI=1S/C14H19F2N3O2/c1-8-5-19(7-13(15)16)6-11(8)17-14(20)10-4-12(21-18-10)9-2-3-9/h4,8-9,11,13H,2-3,5-7H2,1H3,(H,17,20)/t8-,11+/m0/s1. The van der Waals surface area contributed by atoms with Crippen molar-refractivity contribution < 1.29 is 18.1 Å². The zero-order valence-electron chi connectivity index (χ0n) is 11.9. The molecule has 2 heterocycles. The molecule has 1 aliphatic carbocycles. The molecular formula is C14H19F2N3O2. The lowest BCUT2D eigenvalue weighted by molar-refractivity contribution is 0.0910. The summed E-state index contributed by atoms with van der Waals surface area (Å²) in [5, 5.41) is 6.66. The second kappa shape index (κ2) is 5.71. The van der Waals surface area contributed by atoms with Crippen LogP contribution in [0, 0.1) is 5.92 Å². The quantitative estimate of drug-likeness (QED) is 0.901. The van der Waals surface area contributed by atoms with E-state index < -0.39 is 6.43 Å². The molecule has 116 valence electrons. The first-order valence-electron chi connectivity index (χ1n) is 7.31. The van der Waals surface area contributed by atoms with Crippen molar-refractivity contribution in [1.82, 2.24) is 15.4 Å². The molecule has 1 aromatic rings. The number of carbonyl (C=O) groups is 1. The summed E-state index contributed by atoms with van der Waals surface area (Å²) in [6.07, 6.45) is -0.180. The lowest BCUT2D eigenvalue weighted by Gasteiger charge is -2.16. The molecule has 1 N–H and O–H groups in total. The summed E-state index contributed by atoms with van der Waals surface area (Å²) < 4.78 is 30.0. The summed E-state index contributed by atoms with van der Waals surface area (Å²) >= 11 is 0. The monoisotopic (exact) mass is 299 g/mol. The summed E-state index contributed by atoms with van der Waals surface area (Å²) in [5.41, 5.74) is 0.274. The number of halogens is 2. The molecular weight excluding hydrogens is 280 g/mol. The minimum atomic E-state index is -2.34. The van der Waals surface area contributed by atoms with Crippen LogP contribution in [0.4, 0.5) is 8.78 Å². The Hall–Kier alpha value is -1.50. The van der Waals surface area contributed by atoms with E-state index in [-0.39, 0.29) is 30.1 Å². The molecule has 5 nitrogen and oxygen atoms in total. The summed E-state index contributed by atoms with van der Waals surface area (Å²) in [6, 6.07) is 1.56. The van der Waals surface area contributed by atoms with E-state index in [1.54, 1.807) is 11.0 Å². The third-order valence-electron chi connectivity index (χ3n) is 4.14. The van der Waals surface area contributed by atoms with Gasteiger partial charge in [-0.25, -0.2) is 8.78 Å². The molecule has 1 saturated heterocycles. The van der Waals surface area contributed by atoms with Crippen molar-refractivity contribution in [3.63, 3.8) is 0 Å². The van der Waals surface area contributed by atoms with Gasteiger partial charge in [0.15, 0.2) is 5.69 Å². The zero-order chi connectivity index (χ0) is 15.0. The van der Waals surface area contributed by atoms with E-state index in [1.807, 2.05) is 6.92 Å². The average molecular weight is 299 g/mol. The molecule has 2 aliphatic rings. The normalized spacial score (nSPS) is 26.5. The van der Waals surface area contributed by atoms with E-state index in [4.69, 9.17) is 4.52 Å². The molecule has 3 rings (SSSR count). The lowest BCUT2D eigenvalue weighted by atomic mass is 10.1. The predicted molar refractivity (Wildman–Crippen MR) is 71.3 cm³/mol. The lowest BCUT2D eigenvalue weighted by Crippen LogP contribution is -2.40. The number of hydrogen-bond donors (Lipinski definition) is 1. The first-order chi connectivity index (χ1) is 10.0. The fourth-order valence-corrected chi connectivity index (χ4v) is 2.80. The van der Waals surface area contributed by atoms with Crippen LogP contribution in [0.2, 0.25) is 0 Å². The summed E-state index contributed by atoms with van der Waals surface area (Å²) in [4.78, 5) is 13.8. The molecule has 21 heavy (non-hydrogen) atoms. The molecule has 1 amide bonds. The van der Waals surface area contributed by atoms with Crippen molar-refractivity contribution in [3.8, 4) is 0 Å². The molecule has 0 aromatic carbocycles. The number of nitrogens with one attached hydrogen (secondary N) is 1. The van der Waals surface area contributed by atoms with Crippen LogP contribution in [0.5, 0.6) is 0 Å². The zero-order valence-corrected chi connectivity index (χ0v) is 11.9. The Morgan fingerprint density at radius 1 is 1.52 bits per heavy atom. The van der Waals surface area contributed by atoms with Crippen LogP contribution >= 0.6 is 0 Å². The van der Waals surface area contributed by atoms with E-state index >= 15 is 0 Å². The highest BCUT2D eigenvalue weighted by molar-refractivity contribution is 5.92. The number of aromatic nitrogens is 1. The van der Waals surface area contributed by atoms with Crippen LogP contribution in [-0.2, 0) is 0 Å². The number of carbonyl (C=O) groups excluding carboxylic acids is 1. The van der Waals surface area contributed by atoms with Gasteiger partial charge in [0.25, 0.3) is 12.3 Å². The van der Waals surface area contributed by atoms with Crippen LogP contribution in [0.3, 0.4) is 0 Å². The molecule has 0 radical (unpaired) electrons. The summed E-state index contributed by atoms with van der Waals surface area (Å²) in [7, 11) is 0. The minimum Gasteiger partial charge on any atom is -0.360 e. The Kier molecular flexibility index (Phi) is 3.93. The SMILES string of the molecule is C[C@H]1CN(CC(F)F)C[C@H]1NC(=O)c1cc(C2CC2)on1. The van der Waals surface area contributed by atoms with Gasteiger partial charge in [0.05, 0.1) is 6.54 Å². The second-order valence-corrected chi connectivity index (χ2v) is 6.06. The smallest absolute Gasteiger partial charge is 0.273 e. The number of likely N-dealkylation sites (tertiary alicyclic amines) is 1. The van der Waals surface area contributed by atoms with Crippen LogP contribution in [0.1, 0.15) is 41.9 Å². The van der Waals surface area contributed by atoms with E-state index in [1.165, 1.54) is 0 Å². The molecule has 2 atom stereocenters. The van der Waals surface area contributed by atoms with Crippen molar-refractivity contribution in [2.45, 2.75) is 38.2 Å². The minimum absolute atomic E-state index is 0.127. The van der Waals surface area contributed by atoms with Crippen LogP contribution in [0.25, 0.3) is 0 Å². The van der Waals surface area contributed by atoms with Crippen LogP contribution < -0.4 is 5.32 Å². The topological polar surface area (TPSA) is 58.4 Å². The van der Waals surface area contributed by atoms with Gasteiger partial charge in [-0.1, -0.05) is 12.1 Å². The molecule has 7 heteroatoms. The molecule has 2 fully saturated rings. The molecule has 1 aromatic heterocycles. The van der Waals surface area contributed by atoms with Gasteiger partial charge in [0.1, 0.15) is 5.76 Å². The number of hydrogen-bond acceptors (Lipinski definition) is 4. The van der Waals surface area contributed by atoms with Crippen molar-refractivity contribution >= 4 is 5.91 Å². The highest BCUT2D eigenvalue weighted by atomic mass is 19.3. The van der Waals surface area contributed by atoms with Gasteiger partial charge in [-0.15, -0.1) is 0 Å². The fraction of sp³-hybridized carbons (Fsp3) is 0.714. The van der Waals surface area contributed by atoms with Gasteiger partial charge in [-0.2, -0.15) is 0 Å². The number of rotatable bonds is 5. The van der Waals surface area contributed by atoms with Crippen molar-refractivity contribution in [2.24, 2.45) is 5.92 Å². The van der Waals surface area contributed by atoms with E-state index in [9.17, 15) is 13.6 Å². The third-order valence-corrected chi connectivity index (χ3v) is 4.14. The molecule has 0 unspecified atom stereocenters. The van der Waals surface area contributed by atoms with E-state index in [0.29, 0.717) is 19.0 Å². The Morgan fingerprint density at radius 2 is 2.29 bits per heavy atom. The highest BCUT2D eigenvalue weighted by Gasteiger charge is 2.33. The summed E-state index contributed by atoms with van der Waals surface area (Å²) in [6.45, 7) is 2.73. The molecule has 1 saturated carbocycles. The molecule has 0 bridgehead atoms. The van der Waals surface area contributed by atoms with Gasteiger partial charge in [-0.3, -0.25) is 9.69 Å². The third kappa shape index (κ3) is 3.40. The number of alkyl halides is 2. The molecule has 0 spiro atoms. The Morgan fingerprint density at radius 3 is 2.95 bits per heavy atom. The van der Waals surface area contributed by atoms with Crippen LogP contribution in [-0.4, -0.2) is 48.1 Å². The maximum atomic E-state index is 12.4. The Balaban J connectivity index is 1.56. The Bertz CT molecular complexity index is 516. The number of amides is 1. The fourth-order valence-electron chi connectivity index (χ4n) is 2.80. The van der Waals surface area contributed by atoms with E-state index in [0.717, 1.165) is 18.6 Å². The second-order valence-electron chi connectivity index (χ2n) is 6.06. The highest BCUT2D eigenvalue weighted by Crippen LogP contribution is 2.40. The van der Waals surface area contributed by atoms with Crippen molar-refractivity contribution in [2.75, 3.05) is 19.6 Å². The maximum absolute atomic E-state index is 12.4. The van der Waals surface area contributed by atoms with E-state index in [2.05, 4.69) is 10.5 Å². The van der Waals surface area contributed by atoms with Crippen LogP contribution in [0.15, 0.2) is 10.6 Å². The van der Waals surface area contributed by atoms with Gasteiger partial charge in [0, 0.05) is 31.1 Å². The number of nitrogens with zero attached hydrogens (tertiary/aromatic N) is 2. The predicted octanol–water partition coefficient (Wildman–Crippen LogP) is 1.87. The largest absolute Gasteiger partial charge is 0.360 e. The van der Waals surface area contributed by atoms with Gasteiger partial charge >= 0.3 is 0 Å². The van der Waals surface area contributed by atoms with Crippen molar-refractivity contribution in [3.05, 3.63) is 17.5 Å². The van der Waals surface area contributed by atoms with Gasteiger partial charge < -0.3 is 9.84 Å². The van der Waals surface area contributed by atoms with Gasteiger partial charge in [-0.05, 0) is 18.8 Å².